The van der Waals surface area contributed by atoms with Crippen molar-refractivity contribution in [1.82, 2.24) is 4.98 Å². The van der Waals surface area contributed by atoms with Crippen molar-refractivity contribution in [3.8, 4) is 5.75 Å². The van der Waals surface area contributed by atoms with Gasteiger partial charge in [0.1, 0.15) is 18.2 Å². The molecule has 0 amide bonds. The van der Waals surface area contributed by atoms with Crippen LogP contribution in [-0.2, 0) is 20.7 Å². The van der Waals surface area contributed by atoms with Gasteiger partial charge in [0.05, 0.1) is 13.2 Å². The van der Waals surface area contributed by atoms with Crippen molar-refractivity contribution >= 4 is 11.8 Å². The van der Waals surface area contributed by atoms with Crippen LogP contribution in [0, 0.1) is 0 Å². The molecule has 6 heteroatoms. The summed E-state index contributed by atoms with van der Waals surface area (Å²) in [6, 6.07) is 13.9. The maximum atomic E-state index is 12.2. The molecule has 0 radical (unpaired) electrons. The van der Waals surface area contributed by atoms with Crippen LogP contribution >= 0.6 is 0 Å². The second kappa shape index (κ2) is 17.8. The second-order valence-electron chi connectivity index (χ2n) is 8.69. The van der Waals surface area contributed by atoms with Crippen molar-refractivity contribution in [3.63, 3.8) is 0 Å². The number of esters is 1. The van der Waals surface area contributed by atoms with Crippen LogP contribution in [0.25, 0.3) is 0 Å². The summed E-state index contributed by atoms with van der Waals surface area (Å²) in [5, 5.41) is 0. The summed E-state index contributed by atoms with van der Waals surface area (Å²) in [6.45, 7) is 9.04. The van der Waals surface area contributed by atoms with E-state index >= 15 is 0 Å². The van der Waals surface area contributed by atoms with E-state index in [9.17, 15) is 4.79 Å². The standard InChI is InChI=1S/C29H44N2O4/c1-4-7-8-9-10-11-14-20-31(28-18-12-13-19-30-28)21-22-35-26-17-15-16-25(23-26)24-27(33-5-2)29(32)34-6-3/h12-13,15-19,23,27H,4-11,14,20-22,24H2,1-3H3. The van der Waals surface area contributed by atoms with Gasteiger partial charge in [0.15, 0.2) is 6.10 Å². The molecular weight excluding hydrogens is 440 g/mol. The van der Waals surface area contributed by atoms with Crippen molar-refractivity contribution in [3.05, 3.63) is 54.2 Å². The lowest BCUT2D eigenvalue weighted by Gasteiger charge is -2.24. The van der Waals surface area contributed by atoms with Crippen LogP contribution in [0.4, 0.5) is 5.82 Å². The lowest BCUT2D eigenvalue weighted by Crippen LogP contribution is -2.30. The molecule has 1 aromatic heterocycles. The van der Waals surface area contributed by atoms with Gasteiger partial charge in [0, 0.05) is 25.8 Å². The highest BCUT2D eigenvalue weighted by Crippen LogP contribution is 2.18. The highest BCUT2D eigenvalue weighted by atomic mass is 16.6. The van der Waals surface area contributed by atoms with Crippen molar-refractivity contribution in [2.24, 2.45) is 0 Å². The summed E-state index contributed by atoms with van der Waals surface area (Å²) in [5.41, 5.74) is 0.985. The highest BCUT2D eigenvalue weighted by molar-refractivity contribution is 5.75. The van der Waals surface area contributed by atoms with Crippen molar-refractivity contribution in [1.29, 1.82) is 0 Å². The van der Waals surface area contributed by atoms with Crippen molar-refractivity contribution in [2.45, 2.75) is 78.2 Å². The average molecular weight is 485 g/mol. The molecule has 35 heavy (non-hydrogen) atoms. The zero-order chi connectivity index (χ0) is 25.1. The van der Waals surface area contributed by atoms with Crippen molar-refractivity contribution < 1.29 is 19.0 Å². The predicted octanol–water partition coefficient (Wildman–Crippen LogP) is 6.23. The Kier molecular flexibility index (Phi) is 14.5. The zero-order valence-corrected chi connectivity index (χ0v) is 21.9. The summed E-state index contributed by atoms with van der Waals surface area (Å²) in [5.74, 6) is 1.46. The van der Waals surface area contributed by atoms with Gasteiger partial charge in [-0.05, 0) is 50.1 Å². The fourth-order valence-corrected chi connectivity index (χ4v) is 4.04. The topological polar surface area (TPSA) is 60.9 Å². The number of ether oxygens (including phenoxy) is 3. The number of aromatic nitrogens is 1. The second-order valence-corrected chi connectivity index (χ2v) is 8.69. The molecule has 1 atom stereocenters. The Labute approximate surface area is 212 Å². The van der Waals surface area contributed by atoms with Crippen LogP contribution in [0.15, 0.2) is 48.7 Å². The molecule has 0 fully saturated rings. The smallest absolute Gasteiger partial charge is 0.335 e. The van der Waals surface area contributed by atoms with Gasteiger partial charge in [-0.25, -0.2) is 9.78 Å². The van der Waals surface area contributed by atoms with Gasteiger partial charge in [0.2, 0.25) is 0 Å². The SMILES string of the molecule is CCCCCCCCCN(CCOc1cccc(CC(OCC)C(=O)OCC)c1)c1ccccn1. The molecule has 0 spiro atoms. The van der Waals surface area contributed by atoms with E-state index < -0.39 is 6.10 Å². The number of nitrogens with zero attached hydrogens (tertiary/aromatic N) is 2. The van der Waals surface area contributed by atoms with E-state index in [2.05, 4.69) is 22.9 Å². The summed E-state index contributed by atoms with van der Waals surface area (Å²) in [6.07, 6.45) is 10.7. The van der Waals surface area contributed by atoms with Gasteiger partial charge < -0.3 is 19.1 Å². The van der Waals surface area contributed by atoms with Gasteiger partial charge in [-0.15, -0.1) is 0 Å². The predicted molar refractivity (Wildman–Crippen MR) is 142 cm³/mol. The first-order valence-electron chi connectivity index (χ1n) is 13.3. The Morgan fingerprint density at radius 3 is 2.43 bits per heavy atom. The van der Waals surface area contributed by atoms with Gasteiger partial charge in [-0.3, -0.25) is 0 Å². The Morgan fingerprint density at radius 1 is 0.914 bits per heavy atom. The Morgan fingerprint density at radius 2 is 1.71 bits per heavy atom. The molecule has 0 aliphatic rings. The van der Waals surface area contributed by atoms with E-state index in [1.807, 2.05) is 49.5 Å². The molecule has 0 saturated carbocycles. The Balaban J connectivity index is 1.87. The monoisotopic (exact) mass is 484 g/mol. The third-order valence-corrected chi connectivity index (χ3v) is 5.87. The number of carbonyl (C=O) groups is 1. The molecule has 0 aliphatic heterocycles. The average Bonchev–Trinajstić information content (AvgIpc) is 2.88. The molecule has 1 heterocycles. The van der Waals surface area contributed by atoms with Gasteiger partial charge in [-0.2, -0.15) is 0 Å². The zero-order valence-electron chi connectivity index (χ0n) is 21.9. The van der Waals surface area contributed by atoms with Crippen LogP contribution in [0.2, 0.25) is 0 Å². The molecule has 0 N–H and O–H groups in total. The van der Waals surface area contributed by atoms with E-state index in [0.29, 0.717) is 26.2 Å². The van der Waals surface area contributed by atoms with Crippen molar-refractivity contribution in [2.75, 3.05) is 37.8 Å². The van der Waals surface area contributed by atoms with Gasteiger partial charge >= 0.3 is 5.97 Å². The normalized spacial score (nSPS) is 11.7. The molecule has 1 unspecified atom stereocenters. The summed E-state index contributed by atoms with van der Waals surface area (Å²) in [4.78, 5) is 19.0. The number of carbonyl (C=O) groups excluding carboxylic acids is 1. The maximum Gasteiger partial charge on any atom is 0.335 e. The summed E-state index contributed by atoms with van der Waals surface area (Å²) < 4.78 is 16.9. The molecule has 194 valence electrons. The summed E-state index contributed by atoms with van der Waals surface area (Å²) >= 11 is 0. The molecule has 0 aliphatic carbocycles. The maximum absolute atomic E-state index is 12.2. The molecule has 0 saturated heterocycles. The van der Waals surface area contributed by atoms with Crippen LogP contribution in [0.1, 0.15) is 71.3 Å². The first-order chi connectivity index (χ1) is 17.2. The van der Waals surface area contributed by atoms with E-state index in [1.54, 1.807) is 6.92 Å². The largest absolute Gasteiger partial charge is 0.492 e. The van der Waals surface area contributed by atoms with Gasteiger partial charge in [0.25, 0.3) is 0 Å². The molecule has 0 bridgehead atoms. The lowest BCUT2D eigenvalue weighted by atomic mass is 10.1. The summed E-state index contributed by atoms with van der Waals surface area (Å²) in [7, 11) is 0. The minimum Gasteiger partial charge on any atom is -0.492 e. The lowest BCUT2D eigenvalue weighted by molar-refractivity contribution is -0.156. The molecule has 2 aromatic rings. The van der Waals surface area contributed by atoms with E-state index in [0.717, 1.165) is 36.6 Å². The van der Waals surface area contributed by atoms with Crippen LogP contribution < -0.4 is 9.64 Å². The van der Waals surface area contributed by atoms with E-state index in [4.69, 9.17) is 14.2 Å². The van der Waals surface area contributed by atoms with Crippen LogP contribution in [0.3, 0.4) is 0 Å². The number of pyridine rings is 1. The molecular formula is C29H44N2O4. The number of hydrogen-bond acceptors (Lipinski definition) is 6. The fraction of sp³-hybridized carbons (Fsp3) is 0.586. The number of unbranched alkanes of at least 4 members (excludes halogenated alkanes) is 6. The number of anilines is 1. The minimum absolute atomic E-state index is 0.322. The molecule has 2 rings (SSSR count). The quantitative estimate of drug-likeness (QED) is 0.174. The third-order valence-electron chi connectivity index (χ3n) is 5.87. The minimum atomic E-state index is -0.600. The molecule has 6 nitrogen and oxygen atoms in total. The molecule has 1 aromatic carbocycles. The number of rotatable bonds is 19. The van der Waals surface area contributed by atoms with Crippen LogP contribution in [-0.4, -0.2) is 50.0 Å². The number of hydrogen-bond donors (Lipinski definition) is 0. The Bertz CT molecular complexity index is 815. The number of benzene rings is 1. The first kappa shape index (κ1) is 28.6. The van der Waals surface area contributed by atoms with E-state index in [1.165, 1.54) is 38.5 Å². The highest BCUT2D eigenvalue weighted by Gasteiger charge is 2.20. The van der Waals surface area contributed by atoms with Crippen LogP contribution in [0.5, 0.6) is 5.75 Å². The fourth-order valence-electron chi connectivity index (χ4n) is 4.04. The van der Waals surface area contributed by atoms with Gasteiger partial charge in [-0.1, -0.05) is 63.6 Å². The Hall–Kier alpha value is -2.60. The first-order valence-corrected chi connectivity index (χ1v) is 13.3. The van der Waals surface area contributed by atoms with E-state index in [-0.39, 0.29) is 5.97 Å². The third kappa shape index (κ3) is 11.6.